The standard InChI is InChI=1S/C49H42N5O.Pt/c1-48(2,3)34-21-23-39(33-14-8-7-9-15-33)44(28-34)53-32-52(43-20-13-26-51-47(43)53)36-16-12-17-37(30-36)55-38-22-24-41-40-18-10-11-19-42(40)54(45(41)31-38)46-29-35(25-27-50-46)49(4,5)6;/h7-29,32H,1-6H3;/q-3;. The molecule has 0 saturated carbocycles. The van der Waals surface area contributed by atoms with Gasteiger partial charge in [0.05, 0.1) is 5.69 Å². The van der Waals surface area contributed by atoms with Crippen molar-refractivity contribution < 1.29 is 25.8 Å². The number of aromatic nitrogens is 3. The van der Waals surface area contributed by atoms with Crippen molar-refractivity contribution in [1.29, 1.82) is 0 Å². The molecular formula is C49H42N5OPt-3. The van der Waals surface area contributed by atoms with E-state index in [4.69, 9.17) is 14.7 Å². The van der Waals surface area contributed by atoms with Crippen molar-refractivity contribution in [3.05, 3.63) is 170 Å². The zero-order chi connectivity index (χ0) is 37.9. The van der Waals surface area contributed by atoms with Gasteiger partial charge in [-0.25, -0.2) is 9.97 Å². The molecule has 1 aliphatic heterocycles. The summed E-state index contributed by atoms with van der Waals surface area (Å²) < 4.78 is 8.75. The number of hydrogen-bond donors (Lipinski definition) is 0. The molecule has 0 spiro atoms. The Morgan fingerprint density at radius 1 is 0.589 bits per heavy atom. The second-order valence-corrected chi connectivity index (χ2v) is 16.1. The Morgan fingerprint density at radius 2 is 1.34 bits per heavy atom. The minimum absolute atomic E-state index is 0. The van der Waals surface area contributed by atoms with Crippen molar-refractivity contribution in [2.24, 2.45) is 0 Å². The van der Waals surface area contributed by atoms with E-state index < -0.39 is 0 Å². The predicted molar refractivity (Wildman–Crippen MR) is 225 cm³/mol. The summed E-state index contributed by atoms with van der Waals surface area (Å²) >= 11 is 0. The van der Waals surface area contributed by atoms with Gasteiger partial charge in [-0.3, -0.25) is 0 Å². The van der Waals surface area contributed by atoms with E-state index in [9.17, 15) is 0 Å². The molecule has 0 bridgehead atoms. The van der Waals surface area contributed by atoms with Gasteiger partial charge in [-0.05, 0) is 69.3 Å². The smallest absolute Gasteiger partial charge is 0.135 e. The van der Waals surface area contributed by atoms with Gasteiger partial charge in [0.15, 0.2) is 0 Å². The van der Waals surface area contributed by atoms with Crippen LogP contribution in [0.1, 0.15) is 52.7 Å². The minimum atomic E-state index is -0.0306. The number of ether oxygens (including phenoxy) is 1. The zero-order valence-electron chi connectivity index (χ0n) is 32.3. The molecule has 0 aliphatic carbocycles. The Balaban J connectivity index is 0.00000441. The van der Waals surface area contributed by atoms with Gasteiger partial charge in [0.1, 0.15) is 11.6 Å². The van der Waals surface area contributed by atoms with Crippen LogP contribution in [0.15, 0.2) is 140 Å². The van der Waals surface area contributed by atoms with Crippen LogP contribution in [0.2, 0.25) is 0 Å². The van der Waals surface area contributed by atoms with Crippen molar-refractivity contribution in [1.82, 2.24) is 14.5 Å². The number of anilines is 4. The van der Waals surface area contributed by atoms with E-state index in [1.807, 2.05) is 42.7 Å². The van der Waals surface area contributed by atoms with Gasteiger partial charge >= 0.3 is 0 Å². The first-order valence-corrected chi connectivity index (χ1v) is 18.7. The maximum Gasteiger partial charge on any atom is 0.135 e. The van der Waals surface area contributed by atoms with Crippen LogP contribution in [0.5, 0.6) is 11.5 Å². The third-order valence-corrected chi connectivity index (χ3v) is 10.3. The monoisotopic (exact) mass is 911 g/mol. The summed E-state index contributed by atoms with van der Waals surface area (Å²) in [5.41, 5.74) is 9.53. The van der Waals surface area contributed by atoms with Gasteiger partial charge in [0, 0.05) is 61.7 Å². The molecule has 0 atom stereocenters. The van der Waals surface area contributed by atoms with Gasteiger partial charge in [-0.2, -0.15) is 12.1 Å². The Labute approximate surface area is 343 Å². The van der Waals surface area contributed by atoms with E-state index in [0.717, 1.165) is 61.6 Å². The largest absolute Gasteiger partial charge is 0.509 e. The molecule has 0 saturated heterocycles. The first-order chi connectivity index (χ1) is 26.5. The minimum Gasteiger partial charge on any atom is -0.509 e. The number of para-hydroxylation sites is 1. The molecule has 5 aromatic carbocycles. The van der Waals surface area contributed by atoms with E-state index in [1.54, 1.807) is 0 Å². The van der Waals surface area contributed by atoms with Crippen molar-refractivity contribution in [2.45, 2.75) is 52.4 Å². The van der Waals surface area contributed by atoms with Gasteiger partial charge in [-0.1, -0.05) is 108 Å². The molecule has 0 radical (unpaired) electrons. The maximum atomic E-state index is 6.57. The molecule has 0 unspecified atom stereocenters. The second kappa shape index (κ2) is 14.4. The van der Waals surface area contributed by atoms with E-state index in [1.165, 1.54) is 11.1 Å². The molecule has 1 aliphatic rings. The molecule has 0 fully saturated rings. The van der Waals surface area contributed by atoms with E-state index >= 15 is 0 Å². The molecule has 0 amide bonds. The van der Waals surface area contributed by atoms with E-state index in [2.05, 4.69) is 172 Å². The van der Waals surface area contributed by atoms with Crippen LogP contribution in [-0.4, -0.2) is 14.5 Å². The predicted octanol–water partition coefficient (Wildman–Crippen LogP) is 12.6. The fourth-order valence-corrected chi connectivity index (χ4v) is 7.36. The molecule has 282 valence electrons. The molecule has 0 N–H and O–H groups in total. The molecule has 7 heteroatoms. The molecular weight excluding hydrogens is 870 g/mol. The Bertz CT molecular complexity index is 2710. The summed E-state index contributed by atoms with van der Waals surface area (Å²) in [5, 5.41) is 2.23. The Morgan fingerprint density at radius 3 is 2.14 bits per heavy atom. The topological polar surface area (TPSA) is 46.4 Å². The van der Waals surface area contributed by atoms with Crippen LogP contribution in [-0.2, 0) is 31.9 Å². The molecule has 9 rings (SSSR count). The van der Waals surface area contributed by atoms with Crippen LogP contribution in [0.25, 0.3) is 38.8 Å². The van der Waals surface area contributed by atoms with Crippen molar-refractivity contribution >= 4 is 44.7 Å². The van der Waals surface area contributed by atoms with Gasteiger partial charge in [0.25, 0.3) is 0 Å². The summed E-state index contributed by atoms with van der Waals surface area (Å²) in [5.74, 6) is 2.88. The van der Waals surface area contributed by atoms with E-state index in [0.29, 0.717) is 11.5 Å². The summed E-state index contributed by atoms with van der Waals surface area (Å²) in [4.78, 5) is 14.1. The van der Waals surface area contributed by atoms with Crippen LogP contribution in [0.3, 0.4) is 0 Å². The average Bonchev–Trinajstić information content (AvgIpc) is 3.74. The normalized spacial score (nSPS) is 12.9. The van der Waals surface area contributed by atoms with Crippen molar-refractivity contribution in [3.63, 3.8) is 0 Å². The van der Waals surface area contributed by atoms with Crippen LogP contribution in [0.4, 0.5) is 22.9 Å². The Kier molecular flexibility index (Phi) is 9.58. The van der Waals surface area contributed by atoms with Crippen molar-refractivity contribution in [3.8, 4) is 28.4 Å². The molecule has 8 aromatic rings. The molecule has 6 nitrogen and oxygen atoms in total. The Hall–Kier alpha value is -5.71. The summed E-state index contributed by atoms with van der Waals surface area (Å²) in [6, 6.07) is 51.3. The summed E-state index contributed by atoms with van der Waals surface area (Å²) in [6.45, 7) is 15.5. The molecule has 56 heavy (non-hydrogen) atoms. The first kappa shape index (κ1) is 37.2. The number of benzene rings is 5. The van der Waals surface area contributed by atoms with Crippen molar-refractivity contribution in [2.75, 3.05) is 9.80 Å². The van der Waals surface area contributed by atoms with E-state index in [-0.39, 0.29) is 31.9 Å². The van der Waals surface area contributed by atoms with Crippen LogP contribution >= 0.6 is 0 Å². The number of hydrogen-bond acceptors (Lipinski definition) is 5. The summed E-state index contributed by atoms with van der Waals surface area (Å²) in [6.07, 6.45) is 3.74. The quantitative estimate of drug-likeness (QED) is 0.156. The fraction of sp³-hybridized carbons (Fsp3) is 0.163. The molecule has 4 heterocycles. The van der Waals surface area contributed by atoms with Gasteiger partial charge < -0.3 is 19.1 Å². The molecule has 3 aromatic heterocycles. The first-order valence-electron chi connectivity index (χ1n) is 18.7. The third-order valence-electron chi connectivity index (χ3n) is 10.3. The zero-order valence-corrected chi connectivity index (χ0v) is 34.6. The number of fused-ring (bicyclic) bond motifs is 4. The van der Waals surface area contributed by atoms with Crippen LogP contribution < -0.4 is 14.5 Å². The maximum absolute atomic E-state index is 6.57. The third kappa shape index (κ3) is 6.77. The number of rotatable bonds is 6. The van der Waals surface area contributed by atoms with Crippen LogP contribution in [0, 0.1) is 18.8 Å². The number of nitrogens with zero attached hydrogens (tertiary/aromatic N) is 5. The second-order valence-electron chi connectivity index (χ2n) is 16.1. The summed E-state index contributed by atoms with van der Waals surface area (Å²) in [7, 11) is 0. The van der Waals surface area contributed by atoms with Gasteiger partial charge in [0.2, 0.25) is 0 Å². The van der Waals surface area contributed by atoms with Gasteiger partial charge in [-0.15, -0.1) is 48.1 Å². The fourth-order valence-electron chi connectivity index (χ4n) is 7.36. The average molecular weight is 912 g/mol. The SMILES string of the molecule is CC(C)(C)c1ccnc(-n2c3[c-]c(Oc4[c-]c(N5[CH-]N(c6cc(C(C)(C)C)ccc6-c6ccccc6)c6ncccc65)ccc4)ccc3c3ccccc32)c1.[Pt]. The number of pyridine rings is 2.